The van der Waals surface area contributed by atoms with Crippen molar-refractivity contribution in [1.29, 1.82) is 0 Å². The van der Waals surface area contributed by atoms with E-state index in [-0.39, 0.29) is 0 Å². The van der Waals surface area contributed by atoms with Gasteiger partial charge in [-0.1, -0.05) is 29.8 Å². The Morgan fingerprint density at radius 3 is 2.42 bits per heavy atom. The summed E-state index contributed by atoms with van der Waals surface area (Å²) in [5, 5.41) is 0.779. The Balaban J connectivity index is 2.01. The van der Waals surface area contributed by atoms with E-state index < -0.39 is 0 Å². The normalized spacial score (nSPS) is 10.9. The number of anilines is 1. The van der Waals surface area contributed by atoms with Crippen molar-refractivity contribution in [2.24, 2.45) is 0 Å². The van der Waals surface area contributed by atoms with Crippen LogP contribution in [-0.4, -0.2) is 11.9 Å². The topological polar surface area (TPSA) is 29.3 Å². The van der Waals surface area contributed by atoms with Gasteiger partial charge in [-0.05, 0) is 58.4 Å². The number of nitrogens with two attached hydrogens (primary N) is 1. The minimum atomic E-state index is 0.765. The molecule has 0 saturated heterocycles. The third kappa shape index (κ3) is 4.23. The summed E-state index contributed by atoms with van der Waals surface area (Å²) in [4.78, 5) is 2.24. The summed E-state index contributed by atoms with van der Waals surface area (Å²) in [5.41, 5.74) is 8.99. The van der Waals surface area contributed by atoms with Crippen molar-refractivity contribution in [2.45, 2.75) is 13.1 Å². The summed E-state index contributed by atoms with van der Waals surface area (Å²) >= 11 is 9.44. The van der Waals surface area contributed by atoms with Crippen molar-refractivity contribution in [2.75, 3.05) is 12.8 Å². The summed E-state index contributed by atoms with van der Waals surface area (Å²) in [6, 6.07) is 14.0. The molecule has 0 atom stereocenters. The van der Waals surface area contributed by atoms with Crippen molar-refractivity contribution in [1.82, 2.24) is 4.90 Å². The van der Waals surface area contributed by atoms with Crippen LogP contribution in [0.25, 0.3) is 0 Å². The molecule has 0 amide bonds. The number of halogens is 2. The zero-order valence-corrected chi connectivity index (χ0v) is 13.1. The number of hydrogen-bond donors (Lipinski definition) is 1. The SMILES string of the molecule is CN(Cc1cccc(Cl)c1)Cc1ccc(N)c(Br)c1. The fourth-order valence-electron chi connectivity index (χ4n) is 1.98. The maximum absolute atomic E-state index is 5.99. The van der Waals surface area contributed by atoms with Gasteiger partial charge in [-0.3, -0.25) is 4.90 Å². The lowest BCUT2D eigenvalue weighted by Crippen LogP contribution is -2.17. The Labute approximate surface area is 127 Å². The lowest BCUT2D eigenvalue weighted by atomic mass is 10.1. The van der Waals surface area contributed by atoms with Gasteiger partial charge in [0, 0.05) is 28.3 Å². The van der Waals surface area contributed by atoms with E-state index >= 15 is 0 Å². The van der Waals surface area contributed by atoms with Crippen LogP contribution in [0.1, 0.15) is 11.1 Å². The van der Waals surface area contributed by atoms with Gasteiger partial charge in [-0.25, -0.2) is 0 Å². The summed E-state index contributed by atoms with van der Waals surface area (Å²) in [7, 11) is 2.09. The third-order valence-electron chi connectivity index (χ3n) is 2.86. The molecule has 0 aliphatic carbocycles. The monoisotopic (exact) mass is 338 g/mol. The van der Waals surface area contributed by atoms with E-state index in [1.807, 2.05) is 24.3 Å². The van der Waals surface area contributed by atoms with Gasteiger partial charge in [0.1, 0.15) is 0 Å². The van der Waals surface area contributed by atoms with Crippen LogP contribution in [0.5, 0.6) is 0 Å². The van der Waals surface area contributed by atoms with E-state index in [0.717, 1.165) is 28.3 Å². The van der Waals surface area contributed by atoms with Crippen molar-refractivity contribution in [3.8, 4) is 0 Å². The highest BCUT2D eigenvalue weighted by molar-refractivity contribution is 9.10. The quantitative estimate of drug-likeness (QED) is 0.841. The molecule has 0 aromatic heterocycles. The molecule has 0 unspecified atom stereocenters. The number of rotatable bonds is 4. The molecule has 2 nitrogen and oxygen atoms in total. The Morgan fingerprint density at radius 1 is 1.11 bits per heavy atom. The lowest BCUT2D eigenvalue weighted by molar-refractivity contribution is 0.319. The van der Waals surface area contributed by atoms with E-state index in [2.05, 4.69) is 46.1 Å². The zero-order valence-electron chi connectivity index (χ0n) is 10.7. The number of nitrogen functional groups attached to an aromatic ring is 1. The van der Waals surface area contributed by atoms with Crippen molar-refractivity contribution >= 4 is 33.2 Å². The number of hydrogen-bond acceptors (Lipinski definition) is 2. The highest BCUT2D eigenvalue weighted by atomic mass is 79.9. The third-order valence-corrected chi connectivity index (χ3v) is 3.78. The standard InChI is InChI=1S/C15H16BrClN2/c1-19(9-11-3-2-4-13(17)7-11)10-12-5-6-15(18)14(16)8-12/h2-8H,9-10,18H2,1H3. The molecule has 0 fully saturated rings. The van der Waals surface area contributed by atoms with E-state index in [0.29, 0.717) is 0 Å². The first kappa shape index (κ1) is 14.4. The highest BCUT2D eigenvalue weighted by Gasteiger charge is 2.04. The van der Waals surface area contributed by atoms with Gasteiger partial charge in [0.25, 0.3) is 0 Å². The maximum Gasteiger partial charge on any atom is 0.0458 e. The molecule has 100 valence electrons. The molecule has 4 heteroatoms. The molecule has 0 spiro atoms. The van der Waals surface area contributed by atoms with Gasteiger partial charge in [0.2, 0.25) is 0 Å². The van der Waals surface area contributed by atoms with E-state index in [4.69, 9.17) is 17.3 Å². The number of benzene rings is 2. The molecule has 2 aromatic rings. The minimum absolute atomic E-state index is 0.765. The molecule has 0 bridgehead atoms. The Kier molecular flexibility index (Phi) is 4.86. The summed E-state index contributed by atoms with van der Waals surface area (Å²) in [6.45, 7) is 1.73. The second kappa shape index (κ2) is 6.42. The van der Waals surface area contributed by atoms with Crippen LogP contribution in [-0.2, 0) is 13.1 Å². The summed E-state index contributed by atoms with van der Waals surface area (Å²) in [5.74, 6) is 0. The molecule has 0 heterocycles. The van der Waals surface area contributed by atoms with Gasteiger partial charge in [0.05, 0.1) is 0 Å². The van der Waals surface area contributed by atoms with Gasteiger partial charge in [-0.2, -0.15) is 0 Å². The van der Waals surface area contributed by atoms with Crippen LogP contribution < -0.4 is 5.73 Å². The van der Waals surface area contributed by atoms with Gasteiger partial charge < -0.3 is 5.73 Å². The largest absolute Gasteiger partial charge is 0.398 e. The van der Waals surface area contributed by atoms with Crippen LogP contribution >= 0.6 is 27.5 Å². The zero-order chi connectivity index (χ0) is 13.8. The average molecular weight is 340 g/mol. The van der Waals surface area contributed by atoms with Crippen LogP contribution in [0.2, 0.25) is 5.02 Å². The molecule has 2 N–H and O–H groups in total. The van der Waals surface area contributed by atoms with Crippen LogP contribution in [0, 0.1) is 0 Å². The predicted molar refractivity (Wildman–Crippen MR) is 85.2 cm³/mol. The van der Waals surface area contributed by atoms with Gasteiger partial charge in [-0.15, -0.1) is 0 Å². The van der Waals surface area contributed by atoms with Crippen molar-refractivity contribution < 1.29 is 0 Å². The van der Waals surface area contributed by atoms with Gasteiger partial charge in [0.15, 0.2) is 0 Å². The summed E-state index contributed by atoms with van der Waals surface area (Å²) < 4.78 is 0.946. The van der Waals surface area contributed by atoms with E-state index in [9.17, 15) is 0 Å². The predicted octanol–water partition coefficient (Wildman–Crippen LogP) is 4.32. The van der Waals surface area contributed by atoms with Gasteiger partial charge >= 0.3 is 0 Å². The molecule has 19 heavy (non-hydrogen) atoms. The van der Waals surface area contributed by atoms with E-state index in [1.165, 1.54) is 11.1 Å². The average Bonchev–Trinajstić information content (AvgIpc) is 2.34. The molecule has 0 aliphatic heterocycles. The first-order chi connectivity index (χ1) is 9.04. The van der Waals surface area contributed by atoms with E-state index in [1.54, 1.807) is 0 Å². The maximum atomic E-state index is 5.99. The molecule has 2 aromatic carbocycles. The smallest absolute Gasteiger partial charge is 0.0458 e. The Morgan fingerprint density at radius 2 is 1.79 bits per heavy atom. The molecular weight excluding hydrogens is 324 g/mol. The molecular formula is C15H16BrClN2. The van der Waals surface area contributed by atoms with Crippen molar-refractivity contribution in [3.63, 3.8) is 0 Å². The lowest BCUT2D eigenvalue weighted by Gasteiger charge is -2.17. The second-order valence-electron chi connectivity index (χ2n) is 4.66. The Hall–Kier alpha value is -1.03. The first-order valence-corrected chi connectivity index (χ1v) is 7.18. The highest BCUT2D eigenvalue weighted by Crippen LogP contribution is 2.21. The van der Waals surface area contributed by atoms with Crippen LogP contribution in [0.15, 0.2) is 46.9 Å². The van der Waals surface area contributed by atoms with Crippen LogP contribution in [0.4, 0.5) is 5.69 Å². The Bertz CT molecular complexity index is 572. The number of nitrogens with zero attached hydrogens (tertiary/aromatic N) is 1. The second-order valence-corrected chi connectivity index (χ2v) is 5.95. The van der Waals surface area contributed by atoms with Crippen molar-refractivity contribution in [3.05, 3.63) is 63.1 Å². The molecule has 2 rings (SSSR count). The molecule has 0 saturated carbocycles. The first-order valence-electron chi connectivity index (χ1n) is 6.01. The fourth-order valence-corrected chi connectivity index (χ4v) is 2.62. The van der Waals surface area contributed by atoms with Crippen LogP contribution in [0.3, 0.4) is 0 Å². The minimum Gasteiger partial charge on any atom is -0.398 e. The fraction of sp³-hybridized carbons (Fsp3) is 0.200. The molecule has 0 radical (unpaired) electrons. The summed E-state index contributed by atoms with van der Waals surface area (Å²) in [6.07, 6.45) is 0. The molecule has 0 aliphatic rings.